The molecule has 0 atom stereocenters. The lowest BCUT2D eigenvalue weighted by Gasteiger charge is -2.25. The first-order valence-electron chi connectivity index (χ1n) is 8.78. The van der Waals surface area contributed by atoms with E-state index in [-0.39, 0.29) is 17.3 Å². The molecule has 2 heterocycles. The lowest BCUT2D eigenvalue weighted by molar-refractivity contribution is 0.0733. The number of fused-ring (bicyclic) bond motifs is 1. The molecule has 1 aromatic heterocycles. The van der Waals surface area contributed by atoms with E-state index in [1.54, 1.807) is 24.3 Å². The van der Waals surface area contributed by atoms with Gasteiger partial charge in [-0.05, 0) is 42.3 Å². The predicted octanol–water partition coefficient (Wildman–Crippen LogP) is 2.37. The molecule has 3 aromatic rings. The van der Waals surface area contributed by atoms with Crippen molar-refractivity contribution in [2.75, 3.05) is 13.1 Å². The van der Waals surface area contributed by atoms with E-state index in [0.29, 0.717) is 29.7 Å². The molecule has 0 N–H and O–H groups in total. The third kappa shape index (κ3) is 3.52. The molecule has 0 aliphatic carbocycles. The van der Waals surface area contributed by atoms with Gasteiger partial charge in [-0.15, -0.1) is 5.10 Å². The molecule has 1 saturated heterocycles. The van der Waals surface area contributed by atoms with Crippen molar-refractivity contribution >= 4 is 21.1 Å². The molecule has 1 aliphatic heterocycles. The Morgan fingerprint density at radius 1 is 1.07 bits per heavy atom. The molecule has 0 radical (unpaired) electrons. The van der Waals surface area contributed by atoms with Crippen LogP contribution in [0.25, 0.3) is 11.0 Å². The fourth-order valence-electron chi connectivity index (χ4n) is 3.13. The Bertz CT molecular complexity index is 1060. The molecule has 0 unspecified atom stereocenters. The van der Waals surface area contributed by atoms with Crippen LogP contribution in [0, 0.1) is 5.82 Å². The monoisotopic (exact) mass is 390 g/mol. The van der Waals surface area contributed by atoms with E-state index in [1.807, 2.05) is 0 Å². The van der Waals surface area contributed by atoms with Crippen LogP contribution in [-0.2, 0) is 16.6 Å². The van der Waals surface area contributed by atoms with Crippen molar-refractivity contribution in [2.24, 2.45) is 0 Å². The average Bonchev–Trinajstić information content (AvgIpc) is 3.10. The first-order valence-corrected chi connectivity index (χ1v) is 10.2. The van der Waals surface area contributed by atoms with E-state index in [2.05, 4.69) is 10.3 Å². The zero-order valence-electron chi connectivity index (χ0n) is 14.6. The van der Waals surface area contributed by atoms with E-state index < -0.39 is 10.0 Å². The first-order chi connectivity index (χ1) is 13.1. The van der Waals surface area contributed by atoms with Gasteiger partial charge in [-0.1, -0.05) is 29.5 Å². The van der Waals surface area contributed by atoms with Gasteiger partial charge >= 0.3 is 0 Å². The van der Waals surface area contributed by atoms with E-state index in [4.69, 9.17) is 4.84 Å². The van der Waals surface area contributed by atoms with Crippen LogP contribution in [0.3, 0.4) is 0 Å². The Labute approximate surface area is 156 Å². The van der Waals surface area contributed by atoms with E-state index in [9.17, 15) is 12.8 Å². The molecule has 27 heavy (non-hydrogen) atoms. The zero-order valence-corrected chi connectivity index (χ0v) is 15.4. The maximum Gasteiger partial charge on any atom is 0.243 e. The van der Waals surface area contributed by atoms with Gasteiger partial charge in [0.1, 0.15) is 23.5 Å². The number of halogens is 1. The summed E-state index contributed by atoms with van der Waals surface area (Å²) in [6, 6.07) is 10.9. The molecule has 142 valence electrons. The van der Waals surface area contributed by atoms with Gasteiger partial charge in [-0.25, -0.2) is 12.8 Å². The molecule has 7 nitrogen and oxygen atoms in total. The highest BCUT2D eigenvalue weighted by atomic mass is 32.2. The Hall–Kier alpha value is -2.52. The highest BCUT2D eigenvalue weighted by Gasteiger charge is 2.26. The molecule has 0 spiro atoms. The number of sulfonamides is 1. The van der Waals surface area contributed by atoms with Crippen LogP contribution < -0.4 is 4.84 Å². The van der Waals surface area contributed by atoms with Crippen molar-refractivity contribution in [3.05, 3.63) is 53.8 Å². The van der Waals surface area contributed by atoms with Gasteiger partial charge in [0, 0.05) is 18.7 Å². The Balaban J connectivity index is 1.62. The van der Waals surface area contributed by atoms with Crippen molar-refractivity contribution in [2.45, 2.75) is 30.8 Å². The van der Waals surface area contributed by atoms with Gasteiger partial charge in [-0.3, -0.25) is 0 Å². The normalized spacial score (nSPS) is 15.9. The summed E-state index contributed by atoms with van der Waals surface area (Å²) in [4.78, 5) is 6.85. The predicted molar refractivity (Wildman–Crippen MR) is 96.8 cm³/mol. The topological polar surface area (TPSA) is 77.3 Å². The van der Waals surface area contributed by atoms with Crippen molar-refractivity contribution in [1.82, 2.24) is 19.5 Å². The third-order valence-corrected chi connectivity index (χ3v) is 6.53. The molecular formula is C18H19FN4O3S. The van der Waals surface area contributed by atoms with Crippen molar-refractivity contribution in [3.63, 3.8) is 0 Å². The van der Waals surface area contributed by atoms with Crippen LogP contribution in [0.2, 0.25) is 0 Å². The minimum atomic E-state index is -3.57. The molecule has 0 saturated carbocycles. The van der Waals surface area contributed by atoms with Crippen LogP contribution in [0.5, 0.6) is 0 Å². The van der Waals surface area contributed by atoms with Gasteiger partial charge in [0.15, 0.2) is 0 Å². The molecule has 9 heteroatoms. The smallest absolute Gasteiger partial charge is 0.243 e. The van der Waals surface area contributed by atoms with Gasteiger partial charge < -0.3 is 4.84 Å². The Kier molecular flexibility index (Phi) is 4.79. The summed E-state index contributed by atoms with van der Waals surface area (Å²) in [5.74, 6) is -0.379. The van der Waals surface area contributed by atoms with Crippen molar-refractivity contribution < 1.29 is 17.6 Å². The molecule has 0 amide bonds. The number of aromatic nitrogens is 3. The van der Waals surface area contributed by atoms with Crippen LogP contribution in [-0.4, -0.2) is 41.0 Å². The lowest BCUT2D eigenvalue weighted by atomic mass is 10.2. The van der Waals surface area contributed by atoms with Gasteiger partial charge in [0.25, 0.3) is 0 Å². The quantitative estimate of drug-likeness (QED) is 0.668. The zero-order chi connectivity index (χ0) is 18.9. The summed E-state index contributed by atoms with van der Waals surface area (Å²) in [7, 11) is -3.57. The summed E-state index contributed by atoms with van der Waals surface area (Å²) >= 11 is 0. The number of rotatable bonds is 5. The summed E-state index contributed by atoms with van der Waals surface area (Å²) in [6.45, 7) is 1.01. The van der Waals surface area contributed by atoms with Crippen LogP contribution in [0.1, 0.15) is 24.8 Å². The third-order valence-electron chi connectivity index (χ3n) is 4.64. The minimum Gasteiger partial charge on any atom is -0.390 e. The van der Waals surface area contributed by atoms with Gasteiger partial charge in [0.05, 0.1) is 4.90 Å². The molecule has 4 rings (SSSR count). The number of nitrogens with zero attached hydrogens (tertiary/aromatic N) is 4. The van der Waals surface area contributed by atoms with Gasteiger partial charge in [-0.2, -0.15) is 4.31 Å². The summed E-state index contributed by atoms with van der Waals surface area (Å²) < 4.78 is 41.0. The van der Waals surface area contributed by atoms with Gasteiger partial charge in [0.2, 0.25) is 10.0 Å². The maximum atomic E-state index is 13.7. The first kappa shape index (κ1) is 17.9. The molecule has 1 aliphatic rings. The van der Waals surface area contributed by atoms with Crippen LogP contribution >= 0.6 is 0 Å². The average molecular weight is 390 g/mol. The maximum absolute atomic E-state index is 13.7. The number of benzene rings is 2. The van der Waals surface area contributed by atoms with Crippen molar-refractivity contribution in [1.29, 1.82) is 0 Å². The number of hydrogen-bond acceptors (Lipinski definition) is 5. The molecule has 2 aromatic carbocycles. The number of piperidine rings is 1. The lowest BCUT2D eigenvalue weighted by Crippen LogP contribution is -2.35. The van der Waals surface area contributed by atoms with E-state index in [0.717, 1.165) is 24.1 Å². The van der Waals surface area contributed by atoms with Crippen LogP contribution in [0.15, 0.2) is 47.4 Å². The summed E-state index contributed by atoms with van der Waals surface area (Å²) in [5.41, 5.74) is 1.30. The highest BCUT2D eigenvalue weighted by Crippen LogP contribution is 2.23. The summed E-state index contributed by atoms with van der Waals surface area (Å²) in [6.07, 6.45) is 2.78. The van der Waals surface area contributed by atoms with E-state index >= 15 is 0 Å². The highest BCUT2D eigenvalue weighted by molar-refractivity contribution is 7.89. The van der Waals surface area contributed by atoms with Crippen molar-refractivity contribution in [3.8, 4) is 0 Å². The molecular weight excluding hydrogens is 371 g/mol. The Morgan fingerprint density at radius 2 is 1.85 bits per heavy atom. The SMILES string of the molecule is O=S(=O)(c1ccc2nnn(OCc3ccccc3F)c2c1)N1CCCCC1. The van der Waals surface area contributed by atoms with E-state index in [1.165, 1.54) is 22.5 Å². The fraction of sp³-hybridized carbons (Fsp3) is 0.333. The standard InChI is InChI=1S/C18H19FN4O3S/c19-16-7-3-2-6-14(16)13-26-23-18-12-15(8-9-17(18)20-21-23)27(24,25)22-10-4-1-5-11-22/h2-3,6-9,12H,1,4-5,10-11,13H2. The summed E-state index contributed by atoms with van der Waals surface area (Å²) in [5, 5.41) is 7.86. The molecule has 0 bridgehead atoms. The van der Waals surface area contributed by atoms with Crippen LogP contribution in [0.4, 0.5) is 4.39 Å². The largest absolute Gasteiger partial charge is 0.390 e. The minimum absolute atomic E-state index is 0.0474. The second kappa shape index (κ2) is 7.24. The Morgan fingerprint density at radius 3 is 2.63 bits per heavy atom. The second-order valence-corrected chi connectivity index (χ2v) is 8.38. The number of hydrogen-bond donors (Lipinski definition) is 0. The molecule has 1 fully saturated rings. The fourth-order valence-corrected chi connectivity index (χ4v) is 4.67. The second-order valence-electron chi connectivity index (χ2n) is 6.44.